The van der Waals surface area contributed by atoms with E-state index < -0.39 is 5.97 Å². The number of hydrogen-bond donors (Lipinski definition) is 3. The molecule has 1 amide bonds. The van der Waals surface area contributed by atoms with Gasteiger partial charge in [-0.05, 0) is 30.3 Å². The molecule has 0 bridgehead atoms. The lowest BCUT2D eigenvalue weighted by Crippen LogP contribution is -2.19. The molecule has 3 aromatic heterocycles. The number of rotatable bonds is 8. The van der Waals surface area contributed by atoms with E-state index in [2.05, 4.69) is 35.9 Å². The molecule has 3 N–H and O–H groups in total. The fourth-order valence-electron chi connectivity index (χ4n) is 3.40. The second-order valence-corrected chi connectivity index (χ2v) is 7.33. The number of pyridine rings is 2. The average Bonchev–Trinajstić information content (AvgIpc) is 2.93. The minimum atomic E-state index is -0.481. The number of nitrogens with zero attached hydrogens (tertiary/aromatic N) is 4. The molecule has 36 heavy (non-hydrogen) atoms. The second kappa shape index (κ2) is 10.9. The summed E-state index contributed by atoms with van der Waals surface area (Å²) in [6.07, 6.45) is 6.15. The molecule has 3 heterocycles. The molecular formula is C25H23N7O4. The molecule has 4 rings (SSSR count). The van der Waals surface area contributed by atoms with E-state index in [0.29, 0.717) is 51.3 Å². The summed E-state index contributed by atoms with van der Waals surface area (Å²) in [5, 5.41) is 8.96. The Balaban J connectivity index is 1.68. The summed E-state index contributed by atoms with van der Waals surface area (Å²) < 4.78 is 10.4. The van der Waals surface area contributed by atoms with Crippen molar-refractivity contribution in [2.24, 2.45) is 0 Å². The Bertz CT molecular complexity index is 1380. The van der Waals surface area contributed by atoms with E-state index in [1.165, 1.54) is 19.5 Å². The topological polar surface area (TPSA) is 140 Å². The van der Waals surface area contributed by atoms with Gasteiger partial charge in [0.25, 0.3) is 5.91 Å². The molecule has 0 aliphatic heterocycles. The van der Waals surface area contributed by atoms with Gasteiger partial charge in [-0.3, -0.25) is 4.79 Å². The first-order chi connectivity index (χ1) is 17.5. The molecule has 0 aliphatic carbocycles. The fourth-order valence-corrected chi connectivity index (χ4v) is 3.40. The highest BCUT2D eigenvalue weighted by atomic mass is 16.5. The maximum Gasteiger partial charge on any atom is 0.339 e. The number of amides is 1. The average molecular weight is 486 g/mol. The van der Waals surface area contributed by atoms with Gasteiger partial charge in [-0.1, -0.05) is 6.07 Å². The molecule has 0 unspecified atom stereocenters. The molecular weight excluding hydrogens is 462 g/mol. The first-order valence-electron chi connectivity index (χ1n) is 10.8. The molecule has 0 atom stereocenters. The molecule has 0 saturated carbocycles. The van der Waals surface area contributed by atoms with Crippen molar-refractivity contribution in [1.29, 1.82) is 0 Å². The standard InChI is InChI=1S/C25H23N7O4/c1-26-24(33)17-14-30-21(32-20-9-8-15(13-29-20)25(34)36-3)12-19(17)31-18-7-4-6-16(22(18)35-2)23-27-10-5-11-28-23/h4-14H,1-3H3,(H,26,33)(H2,29,30,31,32). The highest BCUT2D eigenvalue weighted by molar-refractivity contribution is 6.00. The van der Waals surface area contributed by atoms with Gasteiger partial charge in [0.2, 0.25) is 0 Å². The van der Waals surface area contributed by atoms with Crippen LogP contribution < -0.4 is 20.7 Å². The third-order valence-electron chi connectivity index (χ3n) is 5.11. The largest absolute Gasteiger partial charge is 0.494 e. The monoisotopic (exact) mass is 485 g/mol. The Kier molecular flexibility index (Phi) is 7.30. The Hall–Kier alpha value is -5.06. The van der Waals surface area contributed by atoms with Crippen molar-refractivity contribution in [2.75, 3.05) is 31.9 Å². The van der Waals surface area contributed by atoms with Crippen LogP contribution in [-0.2, 0) is 4.74 Å². The SMILES string of the molecule is CNC(=O)c1cnc(Nc2ccc(C(=O)OC)cn2)cc1Nc1cccc(-c2ncccn2)c1OC. The normalized spacial score (nSPS) is 10.3. The van der Waals surface area contributed by atoms with Crippen molar-refractivity contribution in [2.45, 2.75) is 0 Å². The van der Waals surface area contributed by atoms with Crippen molar-refractivity contribution in [1.82, 2.24) is 25.3 Å². The smallest absolute Gasteiger partial charge is 0.339 e. The number of carbonyl (C=O) groups is 2. The number of methoxy groups -OCH3 is 2. The lowest BCUT2D eigenvalue weighted by molar-refractivity contribution is 0.0600. The van der Waals surface area contributed by atoms with Crippen LogP contribution in [0.1, 0.15) is 20.7 Å². The third-order valence-corrected chi connectivity index (χ3v) is 5.11. The van der Waals surface area contributed by atoms with E-state index in [9.17, 15) is 9.59 Å². The maximum absolute atomic E-state index is 12.5. The van der Waals surface area contributed by atoms with Crippen LogP contribution in [0.15, 0.2) is 67.3 Å². The molecule has 11 heteroatoms. The van der Waals surface area contributed by atoms with Gasteiger partial charge in [0.15, 0.2) is 11.6 Å². The Morgan fingerprint density at radius 3 is 2.28 bits per heavy atom. The minimum absolute atomic E-state index is 0.320. The van der Waals surface area contributed by atoms with Crippen LogP contribution in [0, 0.1) is 0 Å². The van der Waals surface area contributed by atoms with Crippen molar-refractivity contribution < 1.29 is 19.1 Å². The third kappa shape index (κ3) is 5.20. The molecule has 4 aromatic rings. The van der Waals surface area contributed by atoms with Crippen LogP contribution in [0.25, 0.3) is 11.4 Å². The summed E-state index contributed by atoms with van der Waals surface area (Å²) in [7, 11) is 4.40. The van der Waals surface area contributed by atoms with E-state index in [4.69, 9.17) is 9.47 Å². The highest BCUT2D eigenvalue weighted by Gasteiger charge is 2.17. The van der Waals surface area contributed by atoms with Crippen molar-refractivity contribution in [3.8, 4) is 17.1 Å². The van der Waals surface area contributed by atoms with Crippen molar-refractivity contribution in [3.63, 3.8) is 0 Å². The number of aromatic nitrogens is 4. The predicted molar refractivity (Wildman–Crippen MR) is 134 cm³/mol. The van der Waals surface area contributed by atoms with Crippen LogP contribution in [0.5, 0.6) is 5.75 Å². The van der Waals surface area contributed by atoms with Crippen LogP contribution in [0.3, 0.4) is 0 Å². The lowest BCUT2D eigenvalue weighted by atomic mass is 10.1. The molecule has 0 spiro atoms. The van der Waals surface area contributed by atoms with Gasteiger partial charge in [0, 0.05) is 37.9 Å². The molecule has 1 aromatic carbocycles. The van der Waals surface area contributed by atoms with Crippen LogP contribution in [-0.4, -0.2) is 53.1 Å². The zero-order chi connectivity index (χ0) is 25.5. The van der Waals surface area contributed by atoms with Gasteiger partial charge >= 0.3 is 5.97 Å². The Morgan fingerprint density at radius 2 is 1.61 bits per heavy atom. The molecule has 11 nitrogen and oxygen atoms in total. The fraction of sp³-hybridized carbons (Fsp3) is 0.120. The molecule has 0 fully saturated rings. The number of ether oxygens (including phenoxy) is 2. The number of carbonyl (C=O) groups excluding carboxylic acids is 2. The number of nitrogens with one attached hydrogen (secondary N) is 3. The number of esters is 1. The summed E-state index contributed by atoms with van der Waals surface area (Å²) in [5.41, 5.74) is 2.41. The van der Waals surface area contributed by atoms with Gasteiger partial charge in [-0.15, -0.1) is 0 Å². The summed E-state index contributed by atoms with van der Waals surface area (Å²) in [4.78, 5) is 41.4. The zero-order valence-corrected chi connectivity index (χ0v) is 19.8. The van der Waals surface area contributed by atoms with Gasteiger partial charge in [-0.25, -0.2) is 24.7 Å². The molecule has 0 saturated heterocycles. The van der Waals surface area contributed by atoms with Gasteiger partial charge < -0.3 is 25.4 Å². The van der Waals surface area contributed by atoms with Crippen LogP contribution >= 0.6 is 0 Å². The van der Waals surface area contributed by atoms with Crippen molar-refractivity contribution >= 4 is 34.9 Å². The van der Waals surface area contributed by atoms with Gasteiger partial charge in [-0.2, -0.15) is 0 Å². The summed E-state index contributed by atoms with van der Waals surface area (Å²) >= 11 is 0. The van der Waals surface area contributed by atoms with E-state index in [1.54, 1.807) is 50.8 Å². The van der Waals surface area contributed by atoms with Gasteiger partial charge in [0.1, 0.15) is 11.6 Å². The Morgan fingerprint density at radius 1 is 0.833 bits per heavy atom. The quantitative estimate of drug-likeness (QED) is 0.317. The van der Waals surface area contributed by atoms with Crippen LogP contribution in [0.4, 0.5) is 23.0 Å². The van der Waals surface area contributed by atoms with Gasteiger partial charge in [0.05, 0.1) is 42.3 Å². The number of hydrogen-bond acceptors (Lipinski definition) is 10. The lowest BCUT2D eigenvalue weighted by Gasteiger charge is -2.17. The van der Waals surface area contributed by atoms with E-state index in [0.717, 1.165) is 0 Å². The highest BCUT2D eigenvalue weighted by Crippen LogP contribution is 2.37. The number of anilines is 4. The molecule has 0 radical (unpaired) electrons. The van der Waals surface area contributed by atoms with Crippen LogP contribution in [0.2, 0.25) is 0 Å². The first-order valence-corrected chi connectivity index (χ1v) is 10.8. The molecule has 182 valence electrons. The van der Waals surface area contributed by atoms with E-state index in [-0.39, 0.29) is 5.91 Å². The molecule has 0 aliphatic rings. The second-order valence-electron chi connectivity index (χ2n) is 7.33. The Labute approximate surface area is 207 Å². The number of benzene rings is 1. The van der Waals surface area contributed by atoms with Crippen molar-refractivity contribution in [3.05, 3.63) is 78.4 Å². The first kappa shape index (κ1) is 24.1. The predicted octanol–water partition coefficient (Wildman–Crippen LogP) is 3.58. The minimum Gasteiger partial charge on any atom is -0.494 e. The van der Waals surface area contributed by atoms with E-state index in [1.807, 2.05) is 18.2 Å². The summed E-state index contributed by atoms with van der Waals surface area (Å²) in [6.45, 7) is 0. The van der Waals surface area contributed by atoms with E-state index >= 15 is 0 Å². The number of para-hydroxylation sites is 1. The maximum atomic E-state index is 12.5. The summed E-state index contributed by atoms with van der Waals surface area (Å²) in [6, 6.07) is 12.1. The summed E-state index contributed by atoms with van der Waals surface area (Å²) in [5.74, 6) is 1.09. The zero-order valence-electron chi connectivity index (χ0n) is 19.8.